The second-order valence-corrected chi connectivity index (χ2v) is 6.92. The van der Waals surface area contributed by atoms with Gasteiger partial charge in [0.15, 0.2) is 0 Å². The molecule has 0 bridgehead atoms. The van der Waals surface area contributed by atoms with Crippen molar-refractivity contribution in [1.29, 1.82) is 0 Å². The van der Waals surface area contributed by atoms with Crippen molar-refractivity contribution in [1.82, 2.24) is 23.8 Å². The molecule has 0 N–H and O–H groups in total. The van der Waals surface area contributed by atoms with Crippen LogP contribution in [-0.2, 0) is 11.3 Å². The normalized spacial score (nSPS) is 20.7. The summed E-state index contributed by atoms with van der Waals surface area (Å²) in [7, 11) is 1.87. The van der Waals surface area contributed by atoms with E-state index in [1.165, 1.54) is 12.8 Å². The molecule has 1 fully saturated rings. The fourth-order valence-corrected chi connectivity index (χ4v) is 3.73. The fourth-order valence-electron chi connectivity index (χ4n) is 3.73. The van der Waals surface area contributed by atoms with Crippen molar-refractivity contribution < 1.29 is 4.79 Å². The third kappa shape index (κ3) is 1.85. The Morgan fingerprint density at radius 1 is 1.29 bits per heavy atom. The fraction of sp³-hybridized carbons (Fsp3) is 0.389. The van der Waals surface area contributed by atoms with Crippen molar-refractivity contribution >= 4 is 11.4 Å². The van der Waals surface area contributed by atoms with Gasteiger partial charge in [0, 0.05) is 24.7 Å². The molecule has 3 aromatic heterocycles. The molecule has 1 aliphatic heterocycles. The molecule has 3 aromatic rings. The van der Waals surface area contributed by atoms with E-state index in [1.54, 1.807) is 11.2 Å². The second-order valence-electron chi connectivity index (χ2n) is 6.92. The highest BCUT2D eigenvalue weighted by atomic mass is 16.2. The van der Waals surface area contributed by atoms with Crippen molar-refractivity contribution in [2.45, 2.75) is 38.3 Å². The van der Waals surface area contributed by atoms with Gasteiger partial charge in [-0.3, -0.25) is 4.79 Å². The summed E-state index contributed by atoms with van der Waals surface area (Å²) < 4.78 is 4.18. The van der Waals surface area contributed by atoms with E-state index in [1.807, 2.05) is 30.8 Å². The van der Waals surface area contributed by atoms with E-state index in [9.17, 15) is 4.79 Å². The number of carbonyl (C=O) groups excluding carboxylic acids is 1. The first-order valence-corrected chi connectivity index (χ1v) is 8.41. The van der Waals surface area contributed by atoms with Crippen molar-refractivity contribution in [3.63, 3.8) is 0 Å². The van der Waals surface area contributed by atoms with Crippen LogP contribution in [0.5, 0.6) is 0 Å². The Morgan fingerprint density at radius 3 is 2.92 bits per heavy atom. The Kier molecular flexibility index (Phi) is 2.69. The molecule has 6 nitrogen and oxygen atoms in total. The van der Waals surface area contributed by atoms with Gasteiger partial charge in [-0.1, -0.05) is 0 Å². The minimum atomic E-state index is -0.172. The molecular weight excluding hydrogens is 302 g/mol. The Bertz CT molecular complexity index is 965. The summed E-state index contributed by atoms with van der Waals surface area (Å²) in [6, 6.07) is 4.03. The molecule has 0 radical (unpaired) electrons. The van der Waals surface area contributed by atoms with E-state index in [-0.39, 0.29) is 11.9 Å². The molecule has 1 amide bonds. The highest BCUT2D eigenvalue weighted by Crippen LogP contribution is 2.44. The number of nitrogens with zero attached hydrogens (tertiary/aromatic N) is 5. The summed E-state index contributed by atoms with van der Waals surface area (Å²) in [6.45, 7) is 2.60. The maximum Gasteiger partial charge on any atom is 0.245 e. The summed E-state index contributed by atoms with van der Waals surface area (Å²) in [5, 5.41) is 0. The minimum Gasteiger partial charge on any atom is -0.338 e. The van der Waals surface area contributed by atoms with Gasteiger partial charge in [0.25, 0.3) is 0 Å². The average molecular weight is 321 g/mol. The summed E-state index contributed by atoms with van der Waals surface area (Å²) in [6.07, 6.45) is 8.02. The van der Waals surface area contributed by atoms with Crippen LogP contribution in [0, 0.1) is 0 Å². The molecule has 4 heterocycles. The topological polar surface area (TPSA) is 55.4 Å². The third-order valence-electron chi connectivity index (χ3n) is 5.18. The van der Waals surface area contributed by atoms with Gasteiger partial charge in [-0.2, -0.15) is 0 Å². The first-order valence-electron chi connectivity index (χ1n) is 8.41. The largest absolute Gasteiger partial charge is 0.338 e. The standard InChI is InChI=1S/C18H19N5O/c1-11-18(24)21(2)9-15-16(20-17(23(11)15)12-3-4-12)13-5-6-22-10-19-8-14(22)7-13/h5-8,10-12H,3-4,9H2,1-2H3/t11-/m0/s1. The number of imidazole rings is 2. The molecule has 0 spiro atoms. The lowest BCUT2D eigenvalue weighted by atomic mass is 10.1. The minimum absolute atomic E-state index is 0.166. The number of carbonyl (C=O) groups is 1. The van der Waals surface area contributed by atoms with Crippen molar-refractivity contribution in [2.75, 3.05) is 7.05 Å². The number of aromatic nitrogens is 4. The van der Waals surface area contributed by atoms with E-state index in [2.05, 4.69) is 21.7 Å². The molecule has 1 aliphatic carbocycles. The van der Waals surface area contributed by atoms with E-state index in [4.69, 9.17) is 4.98 Å². The molecule has 1 saturated carbocycles. The van der Waals surface area contributed by atoms with Crippen molar-refractivity contribution in [2.24, 2.45) is 0 Å². The SMILES string of the molecule is C[C@H]1C(=O)N(C)Cc2c(-c3ccn4cncc4c3)nc(C3CC3)n21. The predicted octanol–water partition coefficient (Wildman–Crippen LogP) is 2.61. The van der Waals surface area contributed by atoms with Gasteiger partial charge in [-0.05, 0) is 31.9 Å². The Balaban J connectivity index is 1.73. The van der Waals surface area contributed by atoms with Crippen molar-refractivity contribution in [3.05, 3.63) is 42.4 Å². The molecule has 2 aliphatic rings. The first kappa shape index (κ1) is 13.8. The Labute approximate surface area is 139 Å². The number of pyridine rings is 1. The van der Waals surface area contributed by atoms with Gasteiger partial charge < -0.3 is 13.9 Å². The highest BCUT2D eigenvalue weighted by Gasteiger charge is 2.38. The molecule has 0 aromatic carbocycles. The predicted molar refractivity (Wildman–Crippen MR) is 89.6 cm³/mol. The zero-order valence-electron chi connectivity index (χ0n) is 13.8. The summed E-state index contributed by atoms with van der Waals surface area (Å²) in [4.78, 5) is 23.4. The number of amides is 1. The van der Waals surface area contributed by atoms with Gasteiger partial charge in [0.2, 0.25) is 5.91 Å². The maximum absolute atomic E-state index is 12.4. The molecule has 0 saturated heterocycles. The van der Waals surface area contributed by atoms with E-state index in [0.29, 0.717) is 12.5 Å². The zero-order valence-corrected chi connectivity index (χ0v) is 13.8. The number of hydrogen-bond acceptors (Lipinski definition) is 3. The van der Waals surface area contributed by atoms with E-state index < -0.39 is 0 Å². The van der Waals surface area contributed by atoms with Crippen LogP contribution < -0.4 is 0 Å². The Hall–Kier alpha value is -2.63. The summed E-state index contributed by atoms with van der Waals surface area (Å²) in [5.41, 5.74) is 4.30. The van der Waals surface area contributed by atoms with Crippen LogP contribution in [-0.4, -0.2) is 36.8 Å². The Morgan fingerprint density at radius 2 is 2.12 bits per heavy atom. The van der Waals surface area contributed by atoms with Crippen LogP contribution in [0.15, 0.2) is 30.9 Å². The highest BCUT2D eigenvalue weighted by molar-refractivity contribution is 5.82. The van der Waals surface area contributed by atoms with Crippen LogP contribution >= 0.6 is 0 Å². The average Bonchev–Trinajstić information content (AvgIpc) is 3.19. The summed E-state index contributed by atoms with van der Waals surface area (Å²) >= 11 is 0. The molecule has 1 atom stereocenters. The van der Waals surface area contributed by atoms with E-state index >= 15 is 0 Å². The van der Waals surface area contributed by atoms with E-state index in [0.717, 1.165) is 28.3 Å². The van der Waals surface area contributed by atoms with Gasteiger partial charge in [0.05, 0.1) is 36.0 Å². The summed E-state index contributed by atoms with van der Waals surface area (Å²) in [5.74, 6) is 1.76. The lowest BCUT2D eigenvalue weighted by molar-refractivity contribution is -0.135. The lowest BCUT2D eigenvalue weighted by Gasteiger charge is -2.31. The van der Waals surface area contributed by atoms with Crippen LogP contribution in [0.25, 0.3) is 16.8 Å². The van der Waals surface area contributed by atoms with Gasteiger partial charge >= 0.3 is 0 Å². The molecule has 24 heavy (non-hydrogen) atoms. The molecule has 6 heteroatoms. The van der Waals surface area contributed by atoms with Gasteiger partial charge in [-0.15, -0.1) is 0 Å². The van der Waals surface area contributed by atoms with Crippen molar-refractivity contribution in [3.8, 4) is 11.3 Å². The van der Waals surface area contributed by atoms with Crippen LogP contribution in [0.4, 0.5) is 0 Å². The molecule has 0 unspecified atom stereocenters. The van der Waals surface area contributed by atoms with Crippen LogP contribution in [0.2, 0.25) is 0 Å². The monoisotopic (exact) mass is 321 g/mol. The third-order valence-corrected chi connectivity index (χ3v) is 5.18. The molecule has 122 valence electrons. The smallest absolute Gasteiger partial charge is 0.245 e. The number of rotatable bonds is 2. The second kappa shape index (κ2) is 4.69. The number of likely N-dealkylation sites (N-methyl/N-ethyl adjacent to an activating group) is 1. The number of hydrogen-bond donors (Lipinski definition) is 0. The first-order chi connectivity index (χ1) is 11.6. The number of fused-ring (bicyclic) bond motifs is 2. The maximum atomic E-state index is 12.4. The molecular formula is C18H19N5O. The van der Waals surface area contributed by atoms with Crippen LogP contribution in [0.3, 0.4) is 0 Å². The van der Waals surface area contributed by atoms with Gasteiger partial charge in [-0.25, -0.2) is 9.97 Å². The lowest BCUT2D eigenvalue weighted by Crippen LogP contribution is -2.39. The van der Waals surface area contributed by atoms with Gasteiger partial charge in [0.1, 0.15) is 11.9 Å². The molecule has 5 rings (SSSR count). The van der Waals surface area contributed by atoms with Crippen LogP contribution in [0.1, 0.15) is 43.2 Å². The zero-order chi connectivity index (χ0) is 16.4. The quantitative estimate of drug-likeness (QED) is 0.729.